The highest BCUT2D eigenvalue weighted by atomic mass is 16.3. The van der Waals surface area contributed by atoms with Crippen LogP contribution >= 0.6 is 0 Å². The van der Waals surface area contributed by atoms with Gasteiger partial charge in [-0.1, -0.05) is 49.8 Å². The summed E-state index contributed by atoms with van der Waals surface area (Å²) in [6, 6.07) is 5.50. The van der Waals surface area contributed by atoms with Crippen LogP contribution in [0.3, 0.4) is 0 Å². The van der Waals surface area contributed by atoms with Gasteiger partial charge in [0.2, 0.25) is 11.8 Å². The van der Waals surface area contributed by atoms with E-state index in [1.54, 1.807) is 13.0 Å². The van der Waals surface area contributed by atoms with Crippen LogP contribution < -0.4 is 0 Å². The maximum Gasteiger partial charge on any atom is 0.233 e. The first-order valence-electron chi connectivity index (χ1n) is 12.9. The first-order valence-corrected chi connectivity index (χ1v) is 12.9. The maximum atomic E-state index is 13.8. The summed E-state index contributed by atoms with van der Waals surface area (Å²) in [5.41, 5.74) is 1.51. The molecular weight excluding hydrogens is 454 g/mol. The number of phenolic OH excluding ortho intramolecular Hbond substituents is 1. The third-order valence-corrected chi connectivity index (χ3v) is 9.01. The molecule has 1 aromatic carbocycles. The number of Topliss-reactive ketones (excluding diaryl/α,β-unsaturated/α-hetero) is 1. The molecule has 1 aromatic rings. The lowest BCUT2D eigenvalue weighted by atomic mass is 9.47. The van der Waals surface area contributed by atoms with Crippen LogP contribution in [-0.2, 0) is 25.6 Å². The number of nitrogens with zero attached hydrogens (tertiary/aromatic N) is 1. The predicted octanol–water partition coefficient (Wildman–Crippen LogP) is 4.29. The minimum absolute atomic E-state index is 0.0972. The molecular formula is C30H33NO5. The third-order valence-electron chi connectivity index (χ3n) is 9.01. The molecule has 6 atom stereocenters. The molecule has 1 saturated heterocycles. The fourth-order valence-electron chi connectivity index (χ4n) is 7.41. The summed E-state index contributed by atoms with van der Waals surface area (Å²) in [5.74, 6) is -2.95. The van der Waals surface area contributed by atoms with Gasteiger partial charge in [0.25, 0.3) is 0 Å². The van der Waals surface area contributed by atoms with E-state index in [0.717, 1.165) is 5.57 Å². The average Bonchev–Trinajstić information content (AvgIpc) is 3.09. The third kappa shape index (κ3) is 3.23. The molecule has 0 unspecified atom stereocenters. The smallest absolute Gasteiger partial charge is 0.233 e. The van der Waals surface area contributed by atoms with Gasteiger partial charge in [0.05, 0.1) is 17.3 Å². The monoisotopic (exact) mass is 487 g/mol. The van der Waals surface area contributed by atoms with E-state index in [9.17, 15) is 24.3 Å². The van der Waals surface area contributed by atoms with Crippen LogP contribution in [0.2, 0.25) is 0 Å². The number of para-hydroxylation sites is 1. The van der Waals surface area contributed by atoms with Gasteiger partial charge in [-0.05, 0) is 55.7 Å². The number of carbonyl (C=O) groups is 4. The van der Waals surface area contributed by atoms with Gasteiger partial charge in [-0.25, -0.2) is 0 Å². The lowest BCUT2D eigenvalue weighted by Gasteiger charge is -2.53. The Morgan fingerprint density at radius 1 is 1.17 bits per heavy atom. The number of carbonyl (C=O) groups excluding carboxylic acids is 4. The van der Waals surface area contributed by atoms with Crippen molar-refractivity contribution in [3.8, 4) is 5.75 Å². The quantitative estimate of drug-likeness (QED) is 0.494. The largest absolute Gasteiger partial charge is 0.507 e. The SMILES string of the molecule is C=CCc1cccc([C@H]2C3=CC[C@@H]4C(=O)N(CCC)C(=O)[C@@H]4[C@@H]3C[C@H]3C(=O)C=C(C)C(=O)[C@@]23C)c1O. The van der Waals surface area contributed by atoms with Crippen LogP contribution in [-0.4, -0.2) is 39.9 Å². The van der Waals surface area contributed by atoms with Crippen LogP contribution in [0.4, 0.5) is 0 Å². The van der Waals surface area contributed by atoms with Crippen molar-refractivity contribution in [2.75, 3.05) is 6.54 Å². The van der Waals surface area contributed by atoms with Crippen molar-refractivity contribution in [2.45, 2.75) is 52.4 Å². The minimum Gasteiger partial charge on any atom is -0.507 e. The number of aromatic hydroxyl groups is 1. The van der Waals surface area contributed by atoms with Gasteiger partial charge in [0, 0.05) is 23.9 Å². The summed E-state index contributed by atoms with van der Waals surface area (Å²) in [6.45, 7) is 9.63. The van der Waals surface area contributed by atoms with Crippen LogP contribution in [0.5, 0.6) is 5.75 Å². The van der Waals surface area contributed by atoms with E-state index in [2.05, 4.69) is 6.58 Å². The van der Waals surface area contributed by atoms with Crippen LogP contribution in [0.25, 0.3) is 0 Å². The normalized spacial score (nSPS) is 33.5. The van der Waals surface area contributed by atoms with Gasteiger partial charge in [0.15, 0.2) is 11.6 Å². The second kappa shape index (κ2) is 8.68. The molecule has 4 aliphatic rings. The fraction of sp³-hybridized carbons (Fsp3) is 0.467. The van der Waals surface area contributed by atoms with Crippen molar-refractivity contribution in [1.29, 1.82) is 0 Å². The number of fused-ring (bicyclic) bond motifs is 4. The fourth-order valence-corrected chi connectivity index (χ4v) is 7.41. The van der Waals surface area contributed by atoms with Crippen molar-refractivity contribution in [3.05, 3.63) is 65.3 Å². The van der Waals surface area contributed by atoms with Gasteiger partial charge < -0.3 is 5.11 Å². The van der Waals surface area contributed by atoms with E-state index in [0.29, 0.717) is 48.9 Å². The Bertz CT molecular complexity index is 1260. The molecule has 5 rings (SSSR count). The molecule has 2 amide bonds. The number of allylic oxidation sites excluding steroid dienone is 5. The second-order valence-corrected chi connectivity index (χ2v) is 10.9. The van der Waals surface area contributed by atoms with Crippen molar-refractivity contribution in [1.82, 2.24) is 4.90 Å². The summed E-state index contributed by atoms with van der Waals surface area (Å²) in [7, 11) is 0. The van der Waals surface area contributed by atoms with Gasteiger partial charge in [0.1, 0.15) is 5.75 Å². The molecule has 36 heavy (non-hydrogen) atoms. The summed E-state index contributed by atoms with van der Waals surface area (Å²) in [6.07, 6.45) is 7.08. The zero-order valence-corrected chi connectivity index (χ0v) is 21.1. The number of hydrogen-bond acceptors (Lipinski definition) is 5. The van der Waals surface area contributed by atoms with E-state index in [4.69, 9.17) is 0 Å². The number of ketones is 2. The summed E-state index contributed by atoms with van der Waals surface area (Å²) >= 11 is 0. The predicted molar refractivity (Wildman–Crippen MR) is 135 cm³/mol. The first-order chi connectivity index (χ1) is 17.2. The maximum absolute atomic E-state index is 13.8. The van der Waals surface area contributed by atoms with Gasteiger partial charge in [-0.2, -0.15) is 0 Å². The highest BCUT2D eigenvalue weighted by molar-refractivity contribution is 6.13. The molecule has 6 nitrogen and oxygen atoms in total. The molecule has 2 fully saturated rings. The molecule has 0 spiro atoms. The summed E-state index contributed by atoms with van der Waals surface area (Å²) < 4.78 is 0. The Hall–Kier alpha value is -3.28. The number of phenols is 1. The molecule has 1 N–H and O–H groups in total. The van der Waals surface area contributed by atoms with E-state index in [-0.39, 0.29) is 35.0 Å². The first kappa shape index (κ1) is 24.4. The van der Waals surface area contributed by atoms with Crippen LogP contribution in [0, 0.1) is 29.1 Å². The van der Waals surface area contributed by atoms with E-state index in [1.807, 2.05) is 38.1 Å². The zero-order valence-electron chi connectivity index (χ0n) is 21.1. The number of likely N-dealkylation sites (tertiary alicyclic amines) is 1. The van der Waals surface area contributed by atoms with Crippen LogP contribution in [0.1, 0.15) is 57.1 Å². The van der Waals surface area contributed by atoms with E-state index in [1.165, 1.54) is 11.0 Å². The zero-order chi connectivity index (χ0) is 25.9. The number of benzene rings is 1. The van der Waals surface area contributed by atoms with Crippen molar-refractivity contribution >= 4 is 23.4 Å². The number of rotatable bonds is 5. The Morgan fingerprint density at radius 3 is 2.61 bits per heavy atom. The van der Waals surface area contributed by atoms with E-state index >= 15 is 0 Å². The molecule has 1 heterocycles. The molecule has 1 saturated carbocycles. The minimum atomic E-state index is -1.09. The number of amides is 2. The molecule has 0 bridgehead atoms. The summed E-state index contributed by atoms with van der Waals surface area (Å²) in [5, 5.41) is 11.4. The number of imide groups is 1. The highest BCUT2D eigenvalue weighted by Crippen LogP contribution is 2.63. The standard InChI is InChI=1S/C30H33NO5/c1-5-8-17-9-7-10-20(26(17)33)25-18-11-12-19-24(29(36)31(13-6-2)28(19)35)21(18)15-22-23(32)14-16(3)27(34)30(22,25)4/h5,7,9-11,14,19,21-22,24-25,33H,1,6,8,12-13,15H2,2-4H3/t19-,21+,22-,24-,25+,30+/m0/s1. The molecule has 0 radical (unpaired) electrons. The van der Waals surface area contributed by atoms with Crippen molar-refractivity contribution in [3.63, 3.8) is 0 Å². The van der Waals surface area contributed by atoms with Crippen LogP contribution in [0.15, 0.2) is 54.2 Å². The number of hydrogen-bond donors (Lipinski definition) is 1. The van der Waals surface area contributed by atoms with Gasteiger partial charge in [-0.15, -0.1) is 6.58 Å². The van der Waals surface area contributed by atoms with Gasteiger partial charge in [-0.3, -0.25) is 24.1 Å². The molecule has 3 aliphatic carbocycles. The molecule has 1 aliphatic heterocycles. The topological polar surface area (TPSA) is 91.8 Å². The Labute approximate surface area is 211 Å². The van der Waals surface area contributed by atoms with Crippen molar-refractivity contribution in [2.24, 2.45) is 29.1 Å². The van der Waals surface area contributed by atoms with E-state index < -0.39 is 29.1 Å². The van der Waals surface area contributed by atoms with Gasteiger partial charge >= 0.3 is 0 Å². The highest BCUT2D eigenvalue weighted by Gasteiger charge is 2.63. The second-order valence-electron chi connectivity index (χ2n) is 10.9. The lowest BCUT2D eigenvalue weighted by molar-refractivity contribution is -0.142. The molecule has 6 heteroatoms. The lowest BCUT2D eigenvalue weighted by Crippen LogP contribution is -2.54. The Morgan fingerprint density at radius 2 is 1.92 bits per heavy atom. The average molecular weight is 488 g/mol. The van der Waals surface area contributed by atoms with Crippen molar-refractivity contribution < 1.29 is 24.3 Å². The Kier molecular flexibility index (Phi) is 5.89. The molecule has 0 aromatic heterocycles. The molecule has 188 valence electrons. The Balaban J connectivity index is 1.71. The summed E-state index contributed by atoms with van der Waals surface area (Å²) in [4.78, 5) is 55.3.